The van der Waals surface area contributed by atoms with E-state index in [2.05, 4.69) is 39.7 Å². The molecule has 2 saturated heterocycles. The van der Waals surface area contributed by atoms with Crippen molar-refractivity contribution in [2.24, 2.45) is 0 Å². The van der Waals surface area contributed by atoms with Crippen LogP contribution in [0.25, 0.3) is 0 Å². The number of para-hydroxylation sites is 1. The lowest BCUT2D eigenvalue weighted by Crippen LogP contribution is -2.30. The molecule has 2 heterocycles. The number of fused-ring (bicyclic) bond motifs is 1. The summed E-state index contributed by atoms with van der Waals surface area (Å²) in [6.45, 7) is 2.29. The molecule has 3 fully saturated rings. The molecule has 4 unspecified atom stereocenters. The van der Waals surface area contributed by atoms with Crippen molar-refractivity contribution in [1.29, 1.82) is 0 Å². The van der Waals surface area contributed by atoms with Gasteiger partial charge in [0.15, 0.2) is 0 Å². The Hall–Kier alpha value is -0.340. The number of halogens is 1. The number of nitrogens with zero attached hydrogens (tertiary/aromatic N) is 2. The van der Waals surface area contributed by atoms with Gasteiger partial charge in [-0.05, 0) is 37.8 Å². The predicted molar refractivity (Wildman–Crippen MR) is 93.4 cm³/mol. The van der Waals surface area contributed by atoms with E-state index in [1.54, 1.807) is 0 Å². The molecule has 4 rings (SSSR count). The Bertz CT molecular complexity index is 503. The van der Waals surface area contributed by atoms with Gasteiger partial charge in [-0.3, -0.25) is 0 Å². The quantitative estimate of drug-likeness (QED) is 0.583. The summed E-state index contributed by atoms with van der Waals surface area (Å²) in [4.78, 5) is 0. The van der Waals surface area contributed by atoms with Crippen LogP contribution in [0.3, 0.4) is 0 Å². The zero-order valence-electron chi connectivity index (χ0n) is 12.9. The largest absolute Gasteiger partial charge is 0.322 e. The van der Waals surface area contributed by atoms with Crippen molar-refractivity contribution < 1.29 is 4.52 Å². The minimum Gasteiger partial charge on any atom is -0.322 e. The van der Waals surface area contributed by atoms with E-state index in [1.807, 2.05) is 0 Å². The van der Waals surface area contributed by atoms with E-state index in [9.17, 15) is 0 Å². The van der Waals surface area contributed by atoms with Crippen molar-refractivity contribution in [3.8, 4) is 0 Å². The number of rotatable bonds is 3. The van der Waals surface area contributed by atoms with Gasteiger partial charge in [-0.15, -0.1) is 11.6 Å². The fourth-order valence-electron chi connectivity index (χ4n) is 3.85. The second kappa shape index (κ2) is 6.65. The lowest BCUT2D eigenvalue weighted by atomic mass is 9.97. The highest BCUT2D eigenvalue weighted by molar-refractivity contribution is 7.52. The first kappa shape index (κ1) is 15.2. The summed E-state index contributed by atoms with van der Waals surface area (Å²) in [6, 6.07) is 11.4. The molecular formula is C17H24ClN2OP. The molecule has 2 aliphatic heterocycles. The average Bonchev–Trinajstić information content (AvgIpc) is 3.13. The summed E-state index contributed by atoms with van der Waals surface area (Å²) < 4.78 is 11.7. The van der Waals surface area contributed by atoms with Crippen LogP contribution in [0.2, 0.25) is 0 Å². The summed E-state index contributed by atoms with van der Waals surface area (Å²) in [7, 11) is -0.692. The topological polar surface area (TPSA) is 15.7 Å². The van der Waals surface area contributed by atoms with E-state index in [-0.39, 0.29) is 11.5 Å². The monoisotopic (exact) mass is 338 g/mol. The van der Waals surface area contributed by atoms with Crippen LogP contribution in [0.5, 0.6) is 0 Å². The number of benzene rings is 1. The first-order chi connectivity index (χ1) is 10.8. The Balaban J connectivity index is 1.55. The molecule has 0 aromatic heterocycles. The van der Waals surface area contributed by atoms with Crippen LogP contribution in [0.4, 0.5) is 5.69 Å². The SMILES string of the molecule is ClC1CCCCC1OP1N(c2ccccc2)CC2CCCN21. The Morgan fingerprint density at radius 3 is 2.68 bits per heavy atom. The Morgan fingerprint density at radius 2 is 1.86 bits per heavy atom. The standard InChI is InChI=1S/C17H24ClN2OP/c18-16-10-4-5-11-17(16)21-22-19-12-6-9-15(19)13-20(22)14-7-2-1-3-8-14/h1-3,7-8,15-17H,4-6,9-13H2. The highest BCUT2D eigenvalue weighted by Gasteiger charge is 2.45. The minimum atomic E-state index is -0.692. The molecule has 120 valence electrons. The van der Waals surface area contributed by atoms with Crippen molar-refractivity contribution in [1.82, 2.24) is 4.67 Å². The molecule has 3 nitrogen and oxygen atoms in total. The molecule has 5 heteroatoms. The maximum atomic E-state index is 6.63. The first-order valence-electron chi connectivity index (χ1n) is 8.53. The average molecular weight is 339 g/mol. The molecule has 0 spiro atoms. The molecule has 0 N–H and O–H groups in total. The van der Waals surface area contributed by atoms with E-state index >= 15 is 0 Å². The summed E-state index contributed by atoms with van der Waals surface area (Å²) >= 11 is 6.55. The molecule has 1 aromatic rings. The second-order valence-electron chi connectivity index (χ2n) is 6.57. The van der Waals surface area contributed by atoms with Gasteiger partial charge >= 0.3 is 0 Å². The third-order valence-electron chi connectivity index (χ3n) is 5.06. The summed E-state index contributed by atoms with van der Waals surface area (Å²) in [5.41, 5.74) is 1.30. The summed E-state index contributed by atoms with van der Waals surface area (Å²) in [6.07, 6.45) is 7.57. The maximum Gasteiger partial charge on any atom is 0.218 e. The molecule has 4 atom stereocenters. The fraction of sp³-hybridized carbons (Fsp3) is 0.647. The molecular weight excluding hydrogens is 315 g/mol. The number of alkyl halides is 1. The summed E-state index contributed by atoms with van der Waals surface area (Å²) in [5, 5.41) is 0.190. The van der Waals surface area contributed by atoms with Crippen LogP contribution in [0, 0.1) is 0 Å². The predicted octanol–water partition coefficient (Wildman–Crippen LogP) is 4.76. The molecule has 0 bridgehead atoms. The number of hydrogen-bond acceptors (Lipinski definition) is 3. The summed E-state index contributed by atoms with van der Waals surface area (Å²) in [5.74, 6) is 0. The van der Waals surface area contributed by atoms with Crippen LogP contribution < -0.4 is 4.67 Å². The van der Waals surface area contributed by atoms with Gasteiger partial charge in [-0.2, -0.15) is 0 Å². The molecule has 0 amide bonds. The number of hydrogen-bond donors (Lipinski definition) is 0. The normalized spacial score (nSPS) is 35.8. The zero-order chi connectivity index (χ0) is 14.9. The Labute approximate surface area is 139 Å². The first-order valence-corrected chi connectivity index (χ1v) is 10.1. The second-order valence-corrected chi connectivity index (χ2v) is 8.85. The van der Waals surface area contributed by atoms with Crippen LogP contribution in [-0.4, -0.2) is 35.3 Å². The van der Waals surface area contributed by atoms with Crippen LogP contribution >= 0.6 is 20.1 Å². The van der Waals surface area contributed by atoms with Gasteiger partial charge in [-0.1, -0.05) is 31.0 Å². The van der Waals surface area contributed by atoms with Gasteiger partial charge in [0.05, 0.1) is 11.5 Å². The van der Waals surface area contributed by atoms with E-state index in [0.29, 0.717) is 6.04 Å². The van der Waals surface area contributed by atoms with Gasteiger partial charge in [0, 0.05) is 24.8 Å². The van der Waals surface area contributed by atoms with Gasteiger partial charge in [0.2, 0.25) is 8.45 Å². The maximum absolute atomic E-state index is 6.63. The van der Waals surface area contributed by atoms with Gasteiger partial charge in [0.1, 0.15) is 0 Å². The smallest absolute Gasteiger partial charge is 0.218 e. The Kier molecular flexibility index (Phi) is 4.59. The van der Waals surface area contributed by atoms with E-state index in [1.165, 1.54) is 37.9 Å². The van der Waals surface area contributed by atoms with Crippen LogP contribution in [-0.2, 0) is 4.52 Å². The minimum absolute atomic E-state index is 0.190. The highest BCUT2D eigenvalue weighted by atomic mass is 35.5. The van der Waals surface area contributed by atoms with Crippen molar-refractivity contribution in [3.63, 3.8) is 0 Å². The van der Waals surface area contributed by atoms with Crippen molar-refractivity contribution in [3.05, 3.63) is 30.3 Å². The van der Waals surface area contributed by atoms with Crippen molar-refractivity contribution in [2.45, 2.75) is 56.0 Å². The van der Waals surface area contributed by atoms with Gasteiger partial charge in [0.25, 0.3) is 0 Å². The molecule has 1 aliphatic carbocycles. The van der Waals surface area contributed by atoms with Gasteiger partial charge in [-0.25, -0.2) is 4.67 Å². The third kappa shape index (κ3) is 2.89. The van der Waals surface area contributed by atoms with Gasteiger partial charge < -0.3 is 9.19 Å². The van der Waals surface area contributed by atoms with Crippen molar-refractivity contribution in [2.75, 3.05) is 17.8 Å². The lowest BCUT2D eigenvalue weighted by Gasteiger charge is -2.35. The molecule has 22 heavy (non-hydrogen) atoms. The zero-order valence-corrected chi connectivity index (χ0v) is 14.6. The highest BCUT2D eigenvalue weighted by Crippen LogP contribution is 2.58. The Morgan fingerprint density at radius 1 is 1.05 bits per heavy atom. The molecule has 0 radical (unpaired) electrons. The number of anilines is 1. The van der Waals surface area contributed by atoms with Crippen LogP contribution in [0.15, 0.2) is 30.3 Å². The lowest BCUT2D eigenvalue weighted by molar-refractivity contribution is 0.166. The van der Waals surface area contributed by atoms with E-state index < -0.39 is 8.45 Å². The fourth-order valence-corrected chi connectivity index (χ4v) is 6.70. The van der Waals surface area contributed by atoms with E-state index in [4.69, 9.17) is 16.1 Å². The molecule has 1 aromatic carbocycles. The molecule has 1 saturated carbocycles. The molecule has 3 aliphatic rings. The van der Waals surface area contributed by atoms with Crippen LogP contribution in [0.1, 0.15) is 38.5 Å². The van der Waals surface area contributed by atoms with Crippen molar-refractivity contribution >= 4 is 25.7 Å². The third-order valence-corrected chi connectivity index (χ3v) is 7.79. The van der Waals surface area contributed by atoms with E-state index in [0.717, 1.165) is 19.4 Å².